The van der Waals surface area contributed by atoms with Crippen LogP contribution in [0.3, 0.4) is 0 Å². The van der Waals surface area contributed by atoms with E-state index in [0.717, 1.165) is 45.7 Å². The second-order valence-electron chi connectivity index (χ2n) is 6.70. The van der Waals surface area contributed by atoms with Crippen LogP contribution in [0.25, 0.3) is 0 Å². The lowest BCUT2D eigenvalue weighted by Crippen LogP contribution is -2.41. The highest BCUT2D eigenvalue weighted by Gasteiger charge is 2.18. The van der Waals surface area contributed by atoms with Crippen LogP contribution >= 0.6 is 11.3 Å². The summed E-state index contributed by atoms with van der Waals surface area (Å²) in [6.45, 7) is 4.81. The predicted octanol–water partition coefficient (Wildman–Crippen LogP) is 1.20. The zero-order chi connectivity index (χ0) is 18.2. The summed E-state index contributed by atoms with van der Waals surface area (Å²) in [5.74, 6) is -0.0504. The molecule has 0 spiro atoms. The molecule has 3 rings (SSSR count). The molecular weight excluding hydrogens is 354 g/mol. The highest BCUT2D eigenvalue weighted by molar-refractivity contribution is 7.13. The van der Waals surface area contributed by atoms with Gasteiger partial charge in [-0.2, -0.15) is 0 Å². The van der Waals surface area contributed by atoms with E-state index in [4.69, 9.17) is 4.74 Å². The van der Waals surface area contributed by atoms with Crippen molar-refractivity contribution < 1.29 is 14.3 Å². The number of amides is 3. The minimum atomic E-state index is -0.215. The average molecular weight is 382 g/mol. The quantitative estimate of drug-likeness (QED) is 0.660. The fourth-order valence-electron chi connectivity index (χ4n) is 3.24. The third-order valence-corrected chi connectivity index (χ3v) is 5.46. The van der Waals surface area contributed by atoms with Crippen molar-refractivity contribution in [1.29, 1.82) is 0 Å². The van der Waals surface area contributed by atoms with Crippen LogP contribution in [-0.4, -0.2) is 67.3 Å². The number of carbonyl (C=O) groups excluding carboxylic acids is 2. The molecule has 8 nitrogen and oxygen atoms in total. The third-order valence-electron chi connectivity index (χ3n) is 4.66. The maximum absolute atomic E-state index is 12.0. The van der Waals surface area contributed by atoms with E-state index in [-0.39, 0.29) is 24.4 Å². The number of carbonyl (C=O) groups is 2. The lowest BCUT2D eigenvalue weighted by Gasteiger charge is -2.26. The summed E-state index contributed by atoms with van der Waals surface area (Å²) in [7, 11) is 0. The summed E-state index contributed by atoms with van der Waals surface area (Å²) in [6.07, 6.45) is 4.66. The molecule has 1 saturated heterocycles. The van der Waals surface area contributed by atoms with Gasteiger partial charge in [-0.25, -0.2) is 9.78 Å². The van der Waals surface area contributed by atoms with Gasteiger partial charge in [0.05, 0.1) is 25.3 Å². The first-order valence-corrected chi connectivity index (χ1v) is 10.2. The molecular formula is C17H27N5O3S. The Morgan fingerprint density at radius 2 is 2.04 bits per heavy atom. The number of rotatable bonds is 7. The summed E-state index contributed by atoms with van der Waals surface area (Å²) in [6, 6.07) is 0.0550. The van der Waals surface area contributed by atoms with Crippen molar-refractivity contribution in [2.24, 2.45) is 0 Å². The van der Waals surface area contributed by atoms with Gasteiger partial charge in [-0.15, -0.1) is 11.3 Å². The monoisotopic (exact) mass is 381 g/mol. The molecule has 0 unspecified atom stereocenters. The van der Waals surface area contributed by atoms with E-state index in [1.54, 1.807) is 0 Å². The molecule has 1 aliphatic carbocycles. The summed E-state index contributed by atoms with van der Waals surface area (Å²) in [4.78, 5) is 30.6. The van der Waals surface area contributed by atoms with E-state index in [1.807, 2.05) is 5.38 Å². The number of ether oxygens (including phenoxy) is 1. The Balaban J connectivity index is 1.34. The highest BCUT2D eigenvalue weighted by Crippen LogP contribution is 2.19. The molecule has 9 heteroatoms. The summed E-state index contributed by atoms with van der Waals surface area (Å²) >= 11 is 1.34. The smallest absolute Gasteiger partial charge is 0.321 e. The van der Waals surface area contributed by atoms with Crippen LogP contribution in [0.1, 0.15) is 31.4 Å². The molecule has 1 aromatic rings. The third kappa shape index (κ3) is 6.22. The Bertz CT molecular complexity index is 597. The van der Waals surface area contributed by atoms with Crippen LogP contribution in [0.4, 0.5) is 9.93 Å². The number of hydrogen-bond donors (Lipinski definition) is 3. The van der Waals surface area contributed by atoms with Crippen molar-refractivity contribution in [2.45, 2.75) is 38.1 Å². The number of anilines is 1. The average Bonchev–Trinajstić information content (AvgIpc) is 3.28. The topological polar surface area (TPSA) is 95.6 Å². The Morgan fingerprint density at radius 1 is 1.27 bits per heavy atom. The molecule has 144 valence electrons. The van der Waals surface area contributed by atoms with Crippen LogP contribution in [0.15, 0.2) is 5.38 Å². The van der Waals surface area contributed by atoms with Crippen molar-refractivity contribution in [3.05, 3.63) is 11.1 Å². The molecule has 0 aromatic carbocycles. The van der Waals surface area contributed by atoms with E-state index in [0.29, 0.717) is 17.4 Å². The van der Waals surface area contributed by atoms with Crippen molar-refractivity contribution in [3.8, 4) is 0 Å². The lowest BCUT2D eigenvalue weighted by molar-refractivity contribution is -0.120. The predicted molar refractivity (Wildman–Crippen MR) is 100 cm³/mol. The van der Waals surface area contributed by atoms with Gasteiger partial charge in [0.1, 0.15) is 0 Å². The van der Waals surface area contributed by atoms with E-state index < -0.39 is 0 Å². The van der Waals surface area contributed by atoms with Crippen molar-refractivity contribution in [2.75, 3.05) is 44.7 Å². The number of hydrogen-bond acceptors (Lipinski definition) is 6. The van der Waals surface area contributed by atoms with Gasteiger partial charge in [0.15, 0.2) is 5.13 Å². The van der Waals surface area contributed by atoms with Gasteiger partial charge < -0.3 is 15.4 Å². The first-order chi connectivity index (χ1) is 12.7. The number of nitrogens with one attached hydrogen (secondary N) is 3. The number of thiazole rings is 1. The molecule has 1 aliphatic heterocycles. The Morgan fingerprint density at radius 3 is 2.81 bits per heavy atom. The van der Waals surface area contributed by atoms with Crippen molar-refractivity contribution in [3.63, 3.8) is 0 Å². The van der Waals surface area contributed by atoms with Crippen molar-refractivity contribution >= 4 is 28.4 Å². The molecule has 3 amide bonds. The van der Waals surface area contributed by atoms with Gasteiger partial charge in [0.2, 0.25) is 5.91 Å². The molecule has 0 bridgehead atoms. The molecule has 0 radical (unpaired) electrons. The zero-order valence-corrected chi connectivity index (χ0v) is 15.8. The number of morpholine rings is 1. The molecule has 2 aliphatic rings. The van der Waals surface area contributed by atoms with Crippen molar-refractivity contribution in [1.82, 2.24) is 20.5 Å². The summed E-state index contributed by atoms with van der Waals surface area (Å²) < 4.78 is 5.30. The fraction of sp³-hybridized carbons (Fsp3) is 0.706. The van der Waals surface area contributed by atoms with Crippen LogP contribution in [0.2, 0.25) is 0 Å². The number of nitrogens with zero attached hydrogens (tertiary/aromatic N) is 2. The van der Waals surface area contributed by atoms with Crippen LogP contribution in [0.5, 0.6) is 0 Å². The Labute approximate surface area is 157 Å². The van der Waals surface area contributed by atoms with Gasteiger partial charge in [0.25, 0.3) is 0 Å². The standard InChI is InChI=1S/C17H27N5O3S/c23-15(18-5-6-22-7-9-25-10-8-22)11-14-12-26-17(20-14)21-16(24)19-13-3-1-2-4-13/h12-13H,1-11H2,(H,18,23)(H2,19,20,21,24). The fourth-order valence-corrected chi connectivity index (χ4v) is 3.94. The van der Waals surface area contributed by atoms with E-state index >= 15 is 0 Å². The normalized spacial score (nSPS) is 18.6. The Kier molecular flexibility index (Phi) is 7.22. The van der Waals surface area contributed by atoms with Gasteiger partial charge >= 0.3 is 6.03 Å². The first-order valence-electron chi connectivity index (χ1n) is 9.28. The number of urea groups is 1. The van der Waals surface area contributed by atoms with E-state index in [9.17, 15) is 9.59 Å². The maximum atomic E-state index is 12.0. The highest BCUT2D eigenvalue weighted by atomic mass is 32.1. The zero-order valence-electron chi connectivity index (χ0n) is 15.0. The van der Waals surface area contributed by atoms with Crippen LogP contribution in [-0.2, 0) is 16.0 Å². The molecule has 26 heavy (non-hydrogen) atoms. The van der Waals surface area contributed by atoms with E-state index in [1.165, 1.54) is 24.2 Å². The first kappa shape index (κ1) is 19.1. The lowest BCUT2D eigenvalue weighted by atomic mass is 10.3. The maximum Gasteiger partial charge on any atom is 0.321 e. The molecule has 2 heterocycles. The molecule has 2 fully saturated rings. The van der Waals surface area contributed by atoms with Gasteiger partial charge in [-0.05, 0) is 12.8 Å². The van der Waals surface area contributed by atoms with Crippen LogP contribution < -0.4 is 16.0 Å². The summed E-state index contributed by atoms with van der Waals surface area (Å²) in [5, 5.41) is 11.0. The number of aromatic nitrogens is 1. The largest absolute Gasteiger partial charge is 0.379 e. The van der Waals surface area contributed by atoms with Gasteiger partial charge in [-0.3, -0.25) is 15.0 Å². The SMILES string of the molecule is O=C(Cc1csc(NC(=O)NC2CCCC2)n1)NCCN1CCOCC1. The molecule has 1 aromatic heterocycles. The Hall–Kier alpha value is -1.71. The molecule has 1 saturated carbocycles. The van der Waals surface area contributed by atoms with Gasteiger partial charge in [0, 0.05) is 37.6 Å². The molecule has 0 atom stereocenters. The molecule has 3 N–H and O–H groups in total. The second-order valence-corrected chi connectivity index (χ2v) is 7.56. The van der Waals surface area contributed by atoms with Crippen LogP contribution in [0, 0.1) is 0 Å². The van der Waals surface area contributed by atoms with E-state index in [2.05, 4.69) is 25.8 Å². The van der Waals surface area contributed by atoms with Gasteiger partial charge in [-0.1, -0.05) is 12.8 Å². The minimum absolute atomic E-state index is 0.0504. The summed E-state index contributed by atoms with van der Waals surface area (Å²) in [5.41, 5.74) is 0.676. The minimum Gasteiger partial charge on any atom is -0.379 e. The second kappa shape index (κ2) is 9.84.